The van der Waals surface area contributed by atoms with Crippen molar-refractivity contribution in [2.24, 2.45) is 0 Å². The molecule has 0 saturated heterocycles. The van der Waals surface area contributed by atoms with Crippen LogP contribution in [0, 0.1) is 0 Å². The fraction of sp³-hybridized carbons (Fsp3) is 0.143. The molecule has 0 radical (unpaired) electrons. The van der Waals surface area contributed by atoms with Gasteiger partial charge in [0.1, 0.15) is 11.6 Å². The Morgan fingerprint density at radius 2 is 1.84 bits per heavy atom. The highest BCUT2D eigenvalue weighted by atomic mass is 32.1. The predicted molar refractivity (Wildman–Crippen MR) is 144 cm³/mol. The van der Waals surface area contributed by atoms with E-state index in [1.807, 2.05) is 60.0 Å². The van der Waals surface area contributed by atoms with E-state index in [2.05, 4.69) is 20.3 Å². The molecule has 2 heterocycles. The standard InChI is InChI=1S/C28H24N4O4S/c1-3-24(26(33)32-28-31-23(16-37-28)17-9-8-10-18(15-17)35-2)36-27(34)20-12-5-4-11-19(20)25-29-21-13-6-7-14-22(21)30-25/h4-16,24H,3H2,1-2H3,(H,29,30)(H,31,32,33). The summed E-state index contributed by atoms with van der Waals surface area (Å²) in [7, 11) is 1.60. The number of ether oxygens (including phenoxy) is 2. The van der Waals surface area contributed by atoms with Crippen molar-refractivity contribution < 1.29 is 19.1 Å². The number of benzene rings is 3. The fourth-order valence-electron chi connectivity index (χ4n) is 3.89. The zero-order valence-corrected chi connectivity index (χ0v) is 21.0. The normalized spacial score (nSPS) is 11.7. The maximum absolute atomic E-state index is 13.2. The van der Waals surface area contributed by atoms with Crippen molar-refractivity contribution in [2.45, 2.75) is 19.4 Å². The summed E-state index contributed by atoms with van der Waals surface area (Å²) in [5, 5.41) is 5.04. The number of aromatic amines is 1. The molecule has 0 aliphatic carbocycles. The fourth-order valence-corrected chi connectivity index (χ4v) is 4.62. The highest BCUT2D eigenvalue weighted by Crippen LogP contribution is 2.28. The first kappa shape index (κ1) is 24.2. The number of H-pyrrole nitrogens is 1. The zero-order valence-electron chi connectivity index (χ0n) is 20.2. The molecule has 37 heavy (non-hydrogen) atoms. The van der Waals surface area contributed by atoms with Crippen LogP contribution >= 0.6 is 11.3 Å². The van der Waals surface area contributed by atoms with Gasteiger partial charge in [0.15, 0.2) is 11.2 Å². The SMILES string of the molecule is CCC(OC(=O)c1ccccc1-c1nc2ccccc2[nH]1)C(=O)Nc1nc(-c2cccc(OC)c2)cs1. The minimum atomic E-state index is -0.986. The van der Waals surface area contributed by atoms with Crippen LogP contribution in [0.1, 0.15) is 23.7 Å². The van der Waals surface area contributed by atoms with Crippen molar-refractivity contribution in [3.8, 4) is 28.4 Å². The average molecular weight is 513 g/mol. The van der Waals surface area contributed by atoms with Gasteiger partial charge in [0.25, 0.3) is 5.91 Å². The molecule has 2 N–H and O–H groups in total. The Bertz CT molecular complexity index is 1540. The van der Waals surface area contributed by atoms with Gasteiger partial charge in [-0.1, -0.05) is 49.4 Å². The van der Waals surface area contributed by atoms with Gasteiger partial charge in [-0.2, -0.15) is 0 Å². The van der Waals surface area contributed by atoms with Gasteiger partial charge in [0, 0.05) is 16.5 Å². The lowest BCUT2D eigenvalue weighted by molar-refractivity contribution is -0.124. The van der Waals surface area contributed by atoms with E-state index in [0.717, 1.165) is 22.3 Å². The monoisotopic (exact) mass is 512 g/mol. The van der Waals surface area contributed by atoms with Gasteiger partial charge in [-0.3, -0.25) is 10.1 Å². The number of esters is 1. The first-order chi connectivity index (χ1) is 18.1. The number of hydrogen-bond donors (Lipinski definition) is 2. The summed E-state index contributed by atoms with van der Waals surface area (Å²) in [6, 6.07) is 22.2. The zero-order chi connectivity index (χ0) is 25.8. The van der Waals surface area contributed by atoms with E-state index in [0.29, 0.717) is 34.2 Å². The van der Waals surface area contributed by atoms with Crippen LogP contribution in [-0.4, -0.2) is 40.0 Å². The number of nitrogens with zero attached hydrogens (tertiary/aromatic N) is 2. The van der Waals surface area contributed by atoms with Crippen LogP contribution in [0.2, 0.25) is 0 Å². The molecule has 3 aromatic carbocycles. The number of hydrogen-bond acceptors (Lipinski definition) is 7. The van der Waals surface area contributed by atoms with Crippen molar-refractivity contribution in [3.63, 3.8) is 0 Å². The molecule has 8 nitrogen and oxygen atoms in total. The topological polar surface area (TPSA) is 106 Å². The first-order valence-corrected chi connectivity index (χ1v) is 12.6. The molecular weight excluding hydrogens is 488 g/mol. The molecular formula is C28H24N4O4S. The molecule has 0 bridgehead atoms. The van der Waals surface area contributed by atoms with Gasteiger partial charge in [-0.15, -0.1) is 11.3 Å². The Morgan fingerprint density at radius 3 is 2.65 bits per heavy atom. The summed E-state index contributed by atoms with van der Waals surface area (Å²) in [4.78, 5) is 38.5. The predicted octanol–water partition coefficient (Wildman–Crippen LogP) is 5.94. The van der Waals surface area contributed by atoms with Gasteiger partial charge in [0.2, 0.25) is 0 Å². The number of amides is 1. The maximum atomic E-state index is 13.2. The number of rotatable bonds is 8. The number of methoxy groups -OCH3 is 1. The average Bonchev–Trinajstić information content (AvgIpc) is 3.59. The third-order valence-electron chi connectivity index (χ3n) is 5.80. The number of fused-ring (bicyclic) bond motifs is 1. The number of carbonyl (C=O) groups excluding carboxylic acids is 2. The smallest absolute Gasteiger partial charge is 0.339 e. The van der Waals surface area contributed by atoms with Crippen LogP contribution in [0.3, 0.4) is 0 Å². The second kappa shape index (κ2) is 10.6. The van der Waals surface area contributed by atoms with Crippen LogP contribution in [0.4, 0.5) is 5.13 Å². The molecule has 0 saturated carbocycles. The number of para-hydroxylation sites is 2. The molecule has 0 aliphatic heterocycles. The van der Waals surface area contributed by atoms with E-state index >= 15 is 0 Å². The number of nitrogens with one attached hydrogen (secondary N) is 2. The number of aromatic nitrogens is 3. The van der Waals surface area contributed by atoms with Crippen LogP contribution < -0.4 is 10.1 Å². The minimum absolute atomic E-state index is 0.304. The summed E-state index contributed by atoms with van der Waals surface area (Å²) in [5.41, 5.74) is 4.16. The quantitative estimate of drug-likeness (QED) is 0.249. The summed E-state index contributed by atoms with van der Waals surface area (Å²) in [5.74, 6) is 0.231. The van der Waals surface area contributed by atoms with E-state index in [1.54, 1.807) is 32.2 Å². The Hall–Kier alpha value is -4.50. The lowest BCUT2D eigenvalue weighted by atomic mass is 10.1. The second-order valence-corrected chi connectivity index (χ2v) is 9.07. The van der Waals surface area contributed by atoms with Crippen molar-refractivity contribution in [1.29, 1.82) is 0 Å². The number of imidazole rings is 1. The van der Waals surface area contributed by atoms with Crippen LogP contribution in [0.5, 0.6) is 5.75 Å². The van der Waals surface area contributed by atoms with Gasteiger partial charge in [-0.25, -0.2) is 14.8 Å². The number of thiazole rings is 1. The molecule has 1 atom stereocenters. The van der Waals surface area contributed by atoms with E-state index in [-0.39, 0.29) is 0 Å². The third kappa shape index (κ3) is 5.22. The number of carbonyl (C=O) groups is 2. The van der Waals surface area contributed by atoms with Crippen LogP contribution in [-0.2, 0) is 9.53 Å². The molecule has 5 aromatic rings. The lowest BCUT2D eigenvalue weighted by Crippen LogP contribution is -2.32. The highest BCUT2D eigenvalue weighted by molar-refractivity contribution is 7.14. The Morgan fingerprint density at radius 1 is 1.03 bits per heavy atom. The second-order valence-electron chi connectivity index (χ2n) is 8.21. The summed E-state index contributed by atoms with van der Waals surface area (Å²) < 4.78 is 10.9. The maximum Gasteiger partial charge on any atom is 0.339 e. The molecule has 0 spiro atoms. The van der Waals surface area contributed by atoms with Crippen molar-refractivity contribution in [1.82, 2.24) is 15.0 Å². The molecule has 1 amide bonds. The minimum Gasteiger partial charge on any atom is -0.497 e. The Balaban J connectivity index is 1.31. The lowest BCUT2D eigenvalue weighted by Gasteiger charge is -2.16. The first-order valence-electron chi connectivity index (χ1n) is 11.7. The molecule has 5 rings (SSSR count). The van der Waals surface area contributed by atoms with E-state index < -0.39 is 18.0 Å². The molecule has 2 aromatic heterocycles. The van der Waals surface area contributed by atoms with E-state index in [4.69, 9.17) is 9.47 Å². The van der Waals surface area contributed by atoms with Crippen LogP contribution in [0.15, 0.2) is 78.2 Å². The molecule has 0 aliphatic rings. The largest absolute Gasteiger partial charge is 0.497 e. The van der Waals surface area contributed by atoms with E-state index in [1.165, 1.54) is 11.3 Å². The van der Waals surface area contributed by atoms with Crippen LogP contribution in [0.25, 0.3) is 33.7 Å². The summed E-state index contributed by atoms with van der Waals surface area (Å²) >= 11 is 1.29. The number of anilines is 1. The van der Waals surface area contributed by atoms with Gasteiger partial charge in [-0.05, 0) is 36.8 Å². The third-order valence-corrected chi connectivity index (χ3v) is 6.56. The molecule has 0 fully saturated rings. The van der Waals surface area contributed by atoms with Crippen molar-refractivity contribution >= 4 is 39.4 Å². The van der Waals surface area contributed by atoms with Gasteiger partial charge < -0.3 is 14.5 Å². The highest BCUT2D eigenvalue weighted by Gasteiger charge is 2.25. The Kier molecular flexibility index (Phi) is 6.96. The van der Waals surface area contributed by atoms with Crippen molar-refractivity contribution in [3.05, 3.63) is 83.7 Å². The molecule has 186 valence electrons. The summed E-state index contributed by atoms with van der Waals surface area (Å²) in [6.07, 6.45) is -0.682. The molecule has 9 heteroatoms. The van der Waals surface area contributed by atoms with Gasteiger partial charge in [0.05, 0.1) is 29.4 Å². The van der Waals surface area contributed by atoms with E-state index in [9.17, 15) is 9.59 Å². The van der Waals surface area contributed by atoms with Crippen molar-refractivity contribution in [2.75, 3.05) is 12.4 Å². The molecule has 1 unspecified atom stereocenters. The summed E-state index contributed by atoms with van der Waals surface area (Å²) in [6.45, 7) is 1.78. The van der Waals surface area contributed by atoms with Gasteiger partial charge >= 0.3 is 5.97 Å². The Labute approximate surface area is 217 Å².